The van der Waals surface area contributed by atoms with Crippen molar-refractivity contribution in [1.29, 1.82) is 0 Å². The van der Waals surface area contributed by atoms with Gasteiger partial charge < -0.3 is 10.5 Å². The second kappa shape index (κ2) is 6.02. The minimum atomic E-state index is -0.398. The van der Waals surface area contributed by atoms with Crippen molar-refractivity contribution in [3.8, 4) is 5.75 Å². The third-order valence-corrected chi connectivity index (χ3v) is 3.59. The van der Waals surface area contributed by atoms with E-state index in [0.717, 1.165) is 37.7 Å². The lowest BCUT2D eigenvalue weighted by Gasteiger charge is -2.22. The summed E-state index contributed by atoms with van der Waals surface area (Å²) in [6.45, 7) is 1.83. The van der Waals surface area contributed by atoms with E-state index in [1.54, 1.807) is 6.07 Å². The van der Waals surface area contributed by atoms with E-state index in [1.807, 2.05) is 13.0 Å². The van der Waals surface area contributed by atoms with Gasteiger partial charge in [-0.15, -0.1) is 0 Å². The van der Waals surface area contributed by atoms with Gasteiger partial charge >= 0.3 is 5.69 Å². The molecule has 1 fully saturated rings. The lowest BCUT2D eigenvalue weighted by atomic mass is 10.1. The molecule has 2 rings (SSSR count). The van der Waals surface area contributed by atoms with Gasteiger partial charge in [0, 0.05) is 12.1 Å². The quantitative estimate of drug-likeness (QED) is 0.517. The van der Waals surface area contributed by atoms with E-state index in [2.05, 4.69) is 0 Å². The first kappa shape index (κ1) is 13.8. The minimum Gasteiger partial charge on any atom is -0.482 e. The molecule has 0 aliphatic heterocycles. The van der Waals surface area contributed by atoms with E-state index in [1.165, 1.54) is 6.07 Å². The summed E-state index contributed by atoms with van der Waals surface area (Å²) in [5.41, 5.74) is 6.96. The van der Waals surface area contributed by atoms with Crippen LogP contribution in [0.25, 0.3) is 0 Å². The molecule has 5 nitrogen and oxygen atoms in total. The fourth-order valence-corrected chi connectivity index (χ4v) is 2.48. The van der Waals surface area contributed by atoms with Crippen LogP contribution in [-0.4, -0.2) is 17.1 Å². The van der Waals surface area contributed by atoms with Gasteiger partial charge in [0.15, 0.2) is 5.75 Å². The number of aryl methyl sites for hydroxylation is 1. The number of hydrogen-bond donors (Lipinski definition) is 1. The predicted octanol–water partition coefficient (Wildman–Crippen LogP) is 2.94. The zero-order valence-corrected chi connectivity index (χ0v) is 11.2. The molecule has 1 aliphatic rings. The number of ether oxygens (including phenoxy) is 1. The molecule has 0 heterocycles. The number of nitrogens with zero attached hydrogens (tertiary/aromatic N) is 1. The normalized spacial score (nSPS) is 23.7. The Hall–Kier alpha value is -1.62. The van der Waals surface area contributed by atoms with Crippen molar-refractivity contribution >= 4 is 5.69 Å². The van der Waals surface area contributed by atoms with Gasteiger partial charge in [-0.3, -0.25) is 10.1 Å². The van der Waals surface area contributed by atoms with Gasteiger partial charge in [0.2, 0.25) is 0 Å². The van der Waals surface area contributed by atoms with Crippen LogP contribution in [0.15, 0.2) is 18.2 Å². The zero-order valence-electron chi connectivity index (χ0n) is 11.2. The lowest BCUT2D eigenvalue weighted by molar-refractivity contribution is -0.386. The molecule has 0 saturated heterocycles. The first-order valence-electron chi connectivity index (χ1n) is 6.75. The predicted molar refractivity (Wildman–Crippen MR) is 73.3 cm³/mol. The van der Waals surface area contributed by atoms with Gasteiger partial charge in [0.1, 0.15) is 6.10 Å². The molecule has 0 aromatic heterocycles. The second-order valence-corrected chi connectivity index (χ2v) is 5.19. The second-order valence-electron chi connectivity index (χ2n) is 5.19. The molecule has 2 atom stereocenters. The van der Waals surface area contributed by atoms with Crippen LogP contribution in [0.4, 0.5) is 5.69 Å². The average Bonchev–Trinajstić information content (AvgIpc) is 2.57. The summed E-state index contributed by atoms with van der Waals surface area (Å²) in [5.74, 6) is 0.331. The van der Waals surface area contributed by atoms with Crippen LogP contribution < -0.4 is 10.5 Å². The monoisotopic (exact) mass is 264 g/mol. The molecule has 1 aliphatic carbocycles. The standard InChI is InChI=1S/C14H20N2O3/c1-10-7-8-14(12(9-10)16(17)18)19-13-6-4-2-3-5-11(13)15/h7-9,11,13H,2-6,15H2,1H3. The Bertz CT molecular complexity index is 462. The molecule has 1 aromatic carbocycles. The van der Waals surface area contributed by atoms with E-state index in [0.29, 0.717) is 5.75 Å². The Kier molecular flexibility index (Phi) is 4.37. The van der Waals surface area contributed by atoms with Gasteiger partial charge in [-0.05, 0) is 37.8 Å². The molecular weight excluding hydrogens is 244 g/mol. The highest BCUT2D eigenvalue weighted by molar-refractivity contribution is 5.48. The smallest absolute Gasteiger partial charge is 0.311 e. The largest absolute Gasteiger partial charge is 0.482 e. The maximum absolute atomic E-state index is 11.1. The SMILES string of the molecule is Cc1ccc(OC2CCCCCC2N)c([N+](=O)[O-])c1. The van der Waals surface area contributed by atoms with Gasteiger partial charge in [0.05, 0.1) is 4.92 Å². The maximum Gasteiger partial charge on any atom is 0.311 e. The molecule has 1 saturated carbocycles. The summed E-state index contributed by atoms with van der Waals surface area (Å²) < 4.78 is 5.83. The molecule has 0 bridgehead atoms. The van der Waals surface area contributed by atoms with Crippen molar-refractivity contribution in [3.05, 3.63) is 33.9 Å². The highest BCUT2D eigenvalue weighted by Crippen LogP contribution is 2.31. The van der Waals surface area contributed by atoms with Crippen LogP contribution in [0.2, 0.25) is 0 Å². The Balaban J connectivity index is 2.19. The Morgan fingerprint density at radius 2 is 2.05 bits per heavy atom. The molecule has 0 spiro atoms. The number of benzene rings is 1. The molecule has 2 unspecified atom stereocenters. The fraction of sp³-hybridized carbons (Fsp3) is 0.571. The summed E-state index contributed by atoms with van der Waals surface area (Å²) in [5, 5.41) is 11.1. The molecule has 1 aromatic rings. The van der Waals surface area contributed by atoms with E-state index < -0.39 is 4.92 Å². The van der Waals surface area contributed by atoms with Crippen LogP contribution in [0.3, 0.4) is 0 Å². The minimum absolute atomic E-state index is 0.0245. The van der Waals surface area contributed by atoms with Gasteiger partial charge in [-0.25, -0.2) is 0 Å². The van der Waals surface area contributed by atoms with Crippen molar-refractivity contribution in [2.75, 3.05) is 0 Å². The number of nitro benzene ring substituents is 1. The first-order chi connectivity index (χ1) is 9.08. The first-order valence-corrected chi connectivity index (χ1v) is 6.75. The Morgan fingerprint density at radius 1 is 1.32 bits per heavy atom. The third kappa shape index (κ3) is 3.44. The molecule has 0 amide bonds. The van der Waals surface area contributed by atoms with Crippen LogP contribution in [0.1, 0.15) is 37.7 Å². The maximum atomic E-state index is 11.1. The molecule has 2 N–H and O–H groups in total. The van der Waals surface area contributed by atoms with E-state index in [9.17, 15) is 10.1 Å². The Morgan fingerprint density at radius 3 is 2.79 bits per heavy atom. The molecule has 0 radical (unpaired) electrons. The zero-order chi connectivity index (χ0) is 13.8. The highest BCUT2D eigenvalue weighted by Gasteiger charge is 2.25. The van der Waals surface area contributed by atoms with Crippen molar-refractivity contribution in [2.45, 2.75) is 51.2 Å². The topological polar surface area (TPSA) is 78.4 Å². The van der Waals surface area contributed by atoms with E-state index >= 15 is 0 Å². The van der Waals surface area contributed by atoms with Gasteiger partial charge in [0.25, 0.3) is 0 Å². The molecule has 19 heavy (non-hydrogen) atoms. The third-order valence-electron chi connectivity index (χ3n) is 3.59. The molecular formula is C14H20N2O3. The summed E-state index contributed by atoms with van der Waals surface area (Å²) in [6, 6.07) is 5.00. The molecule has 104 valence electrons. The van der Waals surface area contributed by atoms with Crippen molar-refractivity contribution < 1.29 is 9.66 Å². The Labute approximate surface area is 112 Å². The number of hydrogen-bond acceptors (Lipinski definition) is 4. The summed E-state index contributed by atoms with van der Waals surface area (Å²) >= 11 is 0. The van der Waals surface area contributed by atoms with Gasteiger partial charge in [-0.1, -0.05) is 18.9 Å². The van der Waals surface area contributed by atoms with Crippen LogP contribution in [0, 0.1) is 17.0 Å². The fourth-order valence-electron chi connectivity index (χ4n) is 2.48. The van der Waals surface area contributed by atoms with Crippen molar-refractivity contribution in [3.63, 3.8) is 0 Å². The summed E-state index contributed by atoms with van der Waals surface area (Å²) in [7, 11) is 0. The summed E-state index contributed by atoms with van der Waals surface area (Å²) in [6.07, 6.45) is 5.00. The number of nitro groups is 1. The van der Waals surface area contributed by atoms with E-state index in [4.69, 9.17) is 10.5 Å². The van der Waals surface area contributed by atoms with Crippen molar-refractivity contribution in [2.24, 2.45) is 5.73 Å². The van der Waals surface area contributed by atoms with Crippen LogP contribution in [0.5, 0.6) is 5.75 Å². The number of nitrogens with two attached hydrogens (primary N) is 1. The van der Waals surface area contributed by atoms with E-state index in [-0.39, 0.29) is 17.8 Å². The lowest BCUT2D eigenvalue weighted by Crippen LogP contribution is -2.38. The van der Waals surface area contributed by atoms with Crippen molar-refractivity contribution in [1.82, 2.24) is 0 Å². The average molecular weight is 264 g/mol. The van der Waals surface area contributed by atoms with Gasteiger partial charge in [-0.2, -0.15) is 0 Å². The highest BCUT2D eigenvalue weighted by atomic mass is 16.6. The molecule has 5 heteroatoms. The van der Waals surface area contributed by atoms with Crippen LogP contribution in [-0.2, 0) is 0 Å². The summed E-state index contributed by atoms with van der Waals surface area (Å²) in [4.78, 5) is 10.7. The number of rotatable bonds is 3. The van der Waals surface area contributed by atoms with Crippen LogP contribution >= 0.6 is 0 Å².